The van der Waals surface area contributed by atoms with Crippen molar-refractivity contribution in [2.24, 2.45) is 0 Å². The maximum Gasteiger partial charge on any atom is 0.303 e. The highest BCUT2D eigenvalue weighted by Gasteiger charge is 1.87. The molecular formula is C5H9NO2. The molecule has 0 amide bonds. The fourth-order valence-electron chi connectivity index (χ4n) is 0.214. The Hall–Kier alpha value is -1.04. The molecule has 0 aromatic heterocycles. The number of carboxylic acid groups (broad SMARTS) is 1. The predicted octanol–water partition coefficient (Wildman–Crippen LogP) is 1.01. The van der Waals surface area contributed by atoms with Gasteiger partial charge < -0.3 is 5.11 Å². The van der Waals surface area contributed by atoms with Gasteiger partial charge in [0.25, 0.3) is 0 Å². The molecule has 0 spiro atoms. The van der Waals surface area contributed by atoms with E-state index in [4.69, 9.17) is 10.4 Å². The zero-order chi connectivity index (χ0) is 6.99. The molecule has 0 aromatic carbocycles. The van der Waals surface area contributed by atoms with Gasteiger partial charge >= 0.3 is 5.97 Å². The highest BCUT2D eigenvalue weighted by atomic mass is 16.4. The van der Waals surface area contributed by atoms with Crippen LogP contribution >= 0.6 is 0 Å². The van der Waals surface area contributed by atoms with Crippen molar-refractivity contribution in [2.45, 2.75) is 19.8 Å². The molecule has 0 radical (unpaired) electrons. The highest BCUT2D eigenvalue weighted by molar-refractivity contribution is 5.66. The van der Waals surface area contributed by atoms with Crippen LogP contribution in [0.5, 0.6) is 0 Å². The van der Waals surface area contributed by atoms with Gasteiger partial charge in [-0.05, 0) is 6.42 Å². The van der Waals surface area contributed by atoms with Gasteiger partial charge in [-0.25, -0.2) is 5.26 Å². The number of rotatable bonds is 2. The van der Waals surface area contributed by atoms with Crippen molar-refractivity contribution in [1.29, 1.82) is 5.26 Å². The van der Waals surface area contributed by atoms with Crippen LogP contribution in [-0.2, 0) is 4.79 Å². The van der Waals surface area contributed by atoms with Crippen LogP contribution in [0.15, 0.2) is 0 Å². The summed E-state index contributed by atoms with van der Waals surface area (Å²) in [6, 6.07) is 0. The summed E-state index contributed by atoms with van der Waals surface area (Å²) < 4.78 is 0. The number of hydrogen-bond acceptors (Lipinski definition) is 2. The Kier molecular flexibility index (Phi) is 11.7. The van der Waals surface area contributed by atoms with E-state index in [1.807, 2.05) is 6.92 Å². The second-order valence-electron chi connectivity index (χ2n) is 1.14. The van der Waals surface area contributed by atoms with Gasteiger partial charge in [0.2, 0.25) is 0 Å². The Morgan fingerprint density at radius 3 is 2.12 bits per heavy atom. The normalized spacial score (nSPS) is 6.38. The lowest BCUT2D eigenvalue weighted by Gasteiger charge is -1.79. The van der Waals surface area contributed by atoms with Crippen molar-refractivity contribution >= 4 is 5.97 Å². The first-order valence-corrected chi connectivity index (χ1v) is 2.25. The second-order valence-corrected chi connectivity index (χ2v) is 1.14. The SMILES string of the molecule is C#N.CCCC(=O)O. The lowest BCUT2D eigenvalue weighted by molar-refractivity contribution is -0.137. The molecule has 46 valence electrons. The third-order valence-electron chi connectivity index (χ3n) is 0.464. The molecule has 0 aliphatic heterocycles. The summed E-state index contributed by atoms with van der Waals surface area (Å²) in [5.74, 6) is -0.711. The molecule has 0 fully saturated rings. The fourth-order valence-corrected chi connectivity index (χ4v) is 0.214. The number of hydrogen-bond donors (Lipinski definition) is 1. The van der Waals surface area contributed by atoms with E-state index in [2.05, 4.69) is 6.57 Å². The quantitative estimate of drug-likeness (QED) is 0.584. The summed E-state index contributed by atoms with van der Waals surface area (Å²) in [5, 5.41) is 14.4. The Balaban J connectivity index is 0. The molecule has 0 aliphatic carbocycles. The summed E-state index contributed by atoms with van der Waals surface area (Å²) >= 11 is 0. The Labute approximate surface area is 48.6 Å². The van der Waals surface area contributed by atoms with Crippen LogP contribution in [0.2, 0.25) is 0 Å². The maximum absolute atomic E-state index is 9.60. The van der Waals surface area contributed by atoms with E-state index in [0.717, 1.165) is 6.42 Å². The first-order valence-electron chi connectivity index (χ1n) is 2.25. The molecule has 0 aromatic rings. The zero-order valence-electron chi connectivity index (χ0n) is 4.79. The largest absolute Gasteiger partial charge is 0.481 e. The minimum atomic E-state index is -0.711. The molecule has 0 unspecified atom stereocenters. The van der Waals surface area contributed by atoms with Crippen molar-refractivity contribution < 1.29 is 9.90 Å². The molecule has 0 heterocycles. The smallest absolute Gasteiger partial charge is 0.303 e. The molecule has 0 saturated carbocycles. The number of carbonyl (C=O) groups is 1. The first kappa shape index (κ1) is 10.0. The predicted molar refractivity (Wildman–Crippen MR) is 29.2 cm³/mol. The van der Waals surface area contributed by atoms with Crippen LogP contribution in [0.3, 0.4) is 0 Å². The maximum atomic E-state index is 9.60. The fraction of sp³-hybridized carbons (Fsp3) is 0.600. The Morgan fingerprint density at radius 1 is 1.75 bits per heavy atom. The molecule has 3 nitrogen and oxygen atoms in total. The summed E-state index contributed by atoms with van der Waals surface area (Å²) in [6.45, 7) is 5.34. The second kappa shape index (κ2) is 9.35. The van der Waals surface area contributed by atoms with Gasteiger partial charge in [-0.1, -0.05) is 6.92 Å². The number of carboxylic acids is 1. The van der Waals surface area contributed by atoms with Gasteiger partial charge in [0.05, 0.1) is 0 Å². The van der Waals surface area contributed by atoms with Gasteiger partial charge in [0, 0.05) is 13.0 Å². The van der Waals surface area contributed by atoms with Crippen molar-refractivity contribution in [2.75, 3.05) is 0 Å². The Morgan fingerprint density at radius 2 is 2.12 bits per heavy atom. The van der Waals surface area contributed by atoms with E-state index in [-0.39, 0.29) is 0 Å². The summed E-state index contributed by atoms with van der Waals surface area (Å²) in [6.07, 6.45) is 1.02. The van der Waals surface area contributed by atoms with Crippen LogP contribution in [0.1, 0.15) is 19.8 Å². The average Bonchev–Trinajstić information content (AvgIpc) is 1.72. The van der Waals surface area contributed by atoms with Crippen LogP contribution in [-0.4, -0.2) is 11.1 Å². The van der Waals surface area contributed by atoms with E-state index in [1.165, 1.54) is 0 Å². The van der Waals surface area contributed by atoms with Gasteiger partial charge in [0.15, 0.2) is 0 Å². The molecule has 0 saturated heterocycles. The molecule has 3 heteroatoms. The zero-order valence-corrected chi connectivity index (χ0v) is 4.79. The number of aliphatic carboxylic acids is 1. The van der Waals surface area contributed by atoms with E-state index < -0.39 is 5.97 Å². The van der Waals surface area contributed by atoms with Gasteiger partial charge in [-0.2, -0.15) is 0 Å². The summed E-state index contributed by atoms with van der Waals surface area (Å²) in [5.41, 5.74) is 0. The van der Waals surface area contributed by atoms with Gasteiger partial charge in [-0.15, -0.1) is 0 Å². The minimum absolute atomic E-state index is 0.292. The van der Waals surface area contributed by atoms with Gasteiger partial charge in [-0.3, -0.25) is 4.79 Å². The van der Waals surface area contributed by atoms with E-state index in [9.17, 15) is 4.79 Å². The van der Waals surface area contributed by atoms with E-state index >= 15 is 0 Å². The lowest BCUT2D eigenvalue weighted by atomic mass is 10.4. The molecule has 0 atom stereocenters. The summed E-state index contributed by atoms with van der Waals surface area (Å²) in [7, 11) is 0. The van der Waals surface area contributed by atoms with E-state index in [0.29, 0.717) is 6.42 Å². The standard InChI is InChI=1S/C4H8O2.CHN/c1-2-3-4(5)6;1-2/h2-3H2,1H3,(H,5,6);1H. The van der Waals surface area contributed by atoms with Crippen molar-refractivity contribution in [3.8, 4) is 6.57 Å². The molecular weight excluding hydrogens is 106 g/mol. The molecule has 8 heavy (non-hydrogen) atoms. The van der Waals surface area contributed by atoms with Crippen LogP contribution in [0.4, 0.5) is 0 Å². The first-order chi connectivity index (χ1) is 3.77. The molecule has 0 bridgehead atoms. The molecule has 0 rings (SSSR count). The van der Waals surface area contributed by atoms with Crippen LogP contribution < -0.4 is 0 Å². The molecule has 1 N–H and O–H groups in total. The number of nitriles is 1. The minimum Gasteiger partial charge on any atom is -0.481 e. The van der Waals surface area contributed by atoms with Crippen molar-refractivity contribution in [3.05, 3.63) is 0 Å². The lowest BCUT2D eigenvalue weighted by Crippen LogP contribution is -1.90. The molecule has 0 aliphatic rings. The van der Waals surface area contributed by atoms with Gasteiger partial charge in [0.1, 0.15) is 0 Å². The van der Waals surface area contributed by atoms with E-state index in [1.54, 1.807) is 0 Å². The summed E-state index contributed by atoms with van der Waals surface area (Å²) in [4.78, 5) is 9.60. The van der Waals surface area contributed by atoms with Crippen LogP contribution in [0, 0.1) is 11.8 Å². The highest BCUT2D eigenvalue weighted by Crippen LogP contribution is 1.82. The third kappa shape index (κ3) is 20.2. The van der Waals surface area contributed by atoms with Crippen molar-refractivity contribution in [3.63, 3.8) is 0 Å². The third-order valence-corrected chi connectivity index (χ3v) is 0.464. The van der Waals surface area contributed by atoms with Crippen molar-refractivity contribution in [1.82, 2.24) is 0 Å². The Bertz CT molecular complexity index is 77.7. The monoisotopic (exact) mass is 115 g/mol. The topological polar surface area (TPSA) is 61.1 Å². The van der Waals surface area contributed by atoms with Crippen LogP contribution in [0.25, 0.3) is 0 Å². The average molecular weight is 115 g/mol. The number of nitrogens with zero attached hydrogens (tertiary/aromatic N) is 1.